The molecule has 1 aliphatic heterocycles. The minimum atomic E-state index is -0.0633. The van der Waals surface area contributed by atoms with Gasteiger partial charge in [-0.05, 0) is 37.5 Å². The quantitative estimate of drug-likeness (QED) is 0.259. The molecule has 6 heteroatoms. The van der Waals surface area contributed by atoms with Crippen molar-refractivity contribution < 1.29 is 9.90 Å². The molecule has 0 unspecified atom stereocenters. The van der Waals surface area contributed by atoms with E-state index in [2.05, 4.69) is 10.6 Å². The molecular weight excluding hydrogens is 232 g/mol. The molecule has 2 rings (SSSR count). The Morgan fingerprint density at radius 1 is 1.61 bits per heavy atom. The lowest BCUT2D eigenvalue weighted by atomic mass is 9.77. The van der Waals surface area contributed by atoms with Crippen molar-refractivity contribution in [3.05, 3.63) is 0 Å². The lowest BCUT2D eigenvalue weighted by Gasteiger charge is -2.36. The summed E-state index contributed by atoms with van der Waals surface area (Å²) in [5, 5.41) is 21.9. The summed E-state index contributed by atoms with van der Waals surface area (Å²) in [7, 11) is 0. The summed E-state index contributed by atoms with van der Waals surface area (Å²) < 4.78 is 0. The minimum Gasteiger partial charge on any atom is -0.394 e. The van der Waals surface area contributed by atoms with Crippen molar-refractivity contribution in [3.63, 3.8) is 0 Å². The first-order chi connectivity index (χ1) is 8.57. The van der Waals surface area contributed by atoms with Crippen molar-refractivity contribution in [2.45, 2.75) is 38.1 Å². The van der Waals surface area contributed by atoms with Crippen LogP contribution in [0, 0.1) is 16.7 Å². The third kappa shape index (κ3) is 2.75. The van der Waals surface area contributed by atoms with Crippen LogP contribution in [0.1, 0.15) is 32.1 Å². The van der Waals surface area contributed by atoms with Crippen LogP contribution in [0.4, 0.5) is 0 Å². The van der Waals surface area contributed by atoms with Gasteiger partial charge in [-0.3, -0.25) is 10.2 Å². The Labute approximate surface area is 107 Å². The summed E-state index contributed by atoms with van der Waals surface area (Å²) in [6.07, 6.45) is 4.76. The van der Waals surface area contributed by atoms with Gasteiger partial charge in [0.1, 0.15) is 0 Å². The van der Waals surface area contributed by atoms with E-state index in [1.165, 1.54) is 0 Å². The number of hydrogen-bond acceptors (Lipinski definition) is 3. The van der Waals surface area contributed by atoms with Crippen LogP contribution >= 0.6 is 0 Å². The second-order valence-electron chi connectivity index (χ2n) is 5.49. The number of carbonyl (C=O) groups excluding carboxylic acids is 1. The molecule has 2 aliphatic rings. The number of rotatable bonds is 5. The molecule has 1 amide bonds. The number of hydrogen-bond donors (Lipinski definition) is 5. The van der Waals surface area contributed by atoms with E-state index in [4.69, 9.17) is 16.2 Å². The molecule has 6 N–H and O–H groups in total. The maximum Gasteiger partial charge on any atom is 0.223 e. The van der Waals surface area contributed by atoms with Crippen LogP contribution in [0.25, 0.3) is 0 Å². The minimum absolute atomic E-state index is 0.0235. The van der Waals surface area contributed by atoms with Crippen LogP contribution in [0.3, 0.4) is 0 Å². The molecule has 1 heterocycles. The molecule has 6 nitrogen and oxygen atoms in total. The van der Waals surface area contributed by atoms with Crippen molar-refractivity contribution >= 4 is 11.9 Å². The second-order valence-corrected chi connectivity index (χ2v) is 5.49. The van der Waals surface area contributed by atoms with Crippen molar-refractivity contribution in [2.24, 2.45) is 17.1 Å². The number of guanidine groups is 1. The lowest BCUT2D eigenvalue weighted by Crippen LogP contribution is -2.51. The van der Waals surface area contributed by atoms with Gasteiger partial charge in [-0.2, -0.15) is 0 Å². The summed E-state index contributed by atoms with van der Waals surface area (Å²) in [5.41, 5.74) is 5.35. The van der Waals surface area contributed by atoms with Crippen molar-refractivity contribution in [1.29, 1.82) is 5.41 Å². The zero-order chi connectivity index (χ0) is 13.2. The average Bonchev–Trinajstić information content (AvgIpc) is 3.07. The molecular formula is C12H22N4O2. The maximum atomic E-state index is 12.0. The zero-order valence-electron chi connectivity index (χ0n) is 10.5. The Morgan fingerprint density at radius 2 is 2.33 bits per heavy atom. The largest absolute Gasteiger partial charge is 0.394 e. The first kappa shape index (κ1) is 13.1. The van der Waals surface area contributed by atoms with Crippen molar-refractivity contribution in [2.75, 3.05) is 13.2 Å². The van der Waals surface area contributed by atoms with E-state index in [1.54, 1.807) is 0 Å². The van der Waals surface area contributed by atoms with Crippen molar-refractivity contribution in [1.82, 2.24) is 10.6 Å². The number of aliphatic hydroxyl groups excluding tert-OH is 1. The van der Waals surface area contributed by atoms with Gasteiger partial charge >= 0.3 is 0 Å². The van der Waals surface area contributed by atoms with Crippen LogP contribution in [0.5, 0.6) is 0 Å². The molecule has 18 heavy (non-hydrogen) atoms. The molecule has 102 valence electrons. The van der Waals surface area contributed by atoms with E-state index >= 15 is 0 Å². The molecule has 0 aromatic heterocycles. The summed E-state index contributed by atoms with van der Waals surface area (Å²) in [5.74, 6) is 0.124. The van der Waals surface area contributed by atoms with Crippen LogP contribution in [0.15, 0.2) is 0 Å². The standard InChI is InChI=1S/C12H22N4O2/c13-11(14)15-5-1-2-9-10(18)16-8(7-17)6-12(9)3-4-12/h8-9,17H,1-7H2,(H,16,18)(H4,13,14,15)/t8-,9+/m1/s1. The molecule has 0 bridgehead atoms. The highest BCUT2D eigenvalue weighted by Gasteiger charge is 2.55. The van der Waals surface area contributed by atoms with Crippen LogP contribution < -0.4 is 16.4 Å². The number of amides is 1. The smallest absolute Gasteiger partial charge is 0.223 e. The normalized spacial score (nSPS) is 28.8. The Kier molecular flexibility index (Phi) is 3.75. The van der Waals surface area contributed by atoms with E-state index in [0.717, 1.165) is 32.1 Å². The van der Waals surface area contributed by atoms with E-state index < -0.39 is 0 Å². The third-order valence-corrected chi connectivity index (χ3v) is 4.15. The zero-order valence-corrected chi connectivity index (χ0v) is 10.5. The number of nitrogens with two attached hydrogens (primary N) is 1. The highest BCUT2D eigenvalue weighted by Crippen LogP contribution is 2.58. The second kappa shape index (κ2) is 5.14. The Morgan fingerprint density at radius 3 is 2.89 bits per heavy atom. The Bertz CT molecular complexity index is 341. The average molecular weight is 254 g/mol. The van der Waals surface area contributed by atoms with Crippen LogP contribution in [-0.4, -0.2) is 36.2 Å². The van der Waals surface area contributed by atoms with Gasteiger partial charge in [0.15, 0.2) is 5.96 Å². The highest BCUT2D eigenvalue weighted by atomic mass is 16.3. The van der Waals surface area contributed by atoms with Gasteiger partial charge in [0.05, 0.1) is 12.6 Å². The molecule has 2 fully saturated rings. The monoisotopic (exact) mass is 254 g/mol. The highest BCUT2D eigenvalue weighted by molar-refractivity contribution is 5.81. The van der Waals surface area contributed by atoms with E-state index in [1.807, 2.05) is 0 Å². The molecule has 1 aliphatic carbocycles. The predicted octanol–water partition coefficient (Wildman–Crippen LogP) is -0.473. The van der Waals surface area contributed by atoms with Crippen LogP contribution in [-0.2, 0) is 4.79 Å². The van der Waals surface area contributed by atoms with Gasteiger partial charge in [0.25, 0.3) is 0 Å². The van der Waals surface area contributed by atoms with Crippen LogP contribution in [0.2, 0.25) is 0 Å². The molecule has 2 atom stereocenters. The summed E-state index contributed by atoms with van der Waals surface area (Å²) in [6.45, 7) is 0.671. The van der Waals surface area contributed by atoms with Gasteiger partial charge < -0.3 is 21.5 Å². The third-order valence-electron chi connectivity index (χ3n) is 4.15. The SMILES string of the molecule is N=C(N)NCCC[C@H]1C(=O)N[C@@H](CO)CC12CC2. The molecule has 1 saturated heterocycles. The first-order valence-electron chi connectivity index (χ1n) is 6.56. The predicted molar refractivity (Wildman–Crippen MR) is 67.9 cm³/mol. The Balaban J connectivity index is 1.84. The lowest BCUT2D eigenvalue weighted by molar-refractivity contribution is -0.132. The van der Waals surface area contributed by atoms with E-state index in [-0.39, 0.29) is 35.8 Å². The number of carbonyl (C=O) groups is 1. The number of aliphatic hydroxyl groups is 1. The topological polar surface area (TPSA) is 111 Å². The van der Waals surface area contributed by atoms with Gasteiger partial charge in [0, 0.05) is 12.5 Å². The fourth-order valence-electron chi connectivity index (χ4n) is 3.05. The number of nitrogens with one attached hydrogen (secondary N) is 3. The fraction of sp³-hybridized carbons (Fsp3) is 0.833. The molecule has 0 aromatic carbocycles. The molecule has 1 spiro atoms. The summed E-state index contributed by atoms with van der Waals surface area (Å²) in [4.78, 5) is 12.0. The molecule has 0 radical (unpaired) electrons. The molecule has 0 aromatic rings. The fourth-order valence-corrected chi connectivity index (χ4v) is 3.05. The molecule has 1 saturated carbocycles. The van der Waals surface area contributed by atoms with Crippen molar-refractivity contribution in [3.8, 4) is 0 Å². The van der Waals surface area contributed by atoms with Gasteiger partial charge in [-0.25, -0.2) is 0 Å². The number of piperidine rings is 1. The van der Waals surface area contributed by atoms with Gasteiger partial charge in [-0.1, -0.05) is 0 Å². The Hall–Kier alpha value is -1.30. The van der Waals surface area contributed by atoms with E-state index in [9.17, 15) is 4.79 Å². The van der Waals surface area contributed by atoms with E-state index in [0.29, 0.717) is 6.54 Å². The van der Waals surface area contributed by atoms with Gasteiger partial charge in [-0.15, -0.1) is 0 Å². The van der Waals surface area contributed by atoms with Gasteiger partial charge in [0.2, 0.25) is 5.91 Å². The first-order valence-corrected chi connectivity index (χ1v) is 6.56. The maximum absolute atomic E-state index is 12.0. The summed E-state index contributed by atoms with van der Waals surface area (Å²) in [6, 6.07) is -0.0633. The summed E-state index contributed by atoms with van der Waals surface area (Å²) >= 11 is 0.